The summed E-state index contributed by atoms with van der Waals surface area (Å²) in [7, 11) is 0. The fraction of sp³-hybridized carbons (Fsp3) is 0.791. The molecule has 1 atom stereocenters. The number of carbonyl (C=O) groups excluding carboxylic acids is 2. The highest BCUT2D eigenvalue weighted by Gasteiger charge is 2.16. The molecule has 0 radical (unpaired) electrons. The van der Waals surface area contributed by atoms with Crippen molar-refractivity contribution in [3.63, 3.8) is 0 Å². The van der Waals surface area contributed by atoms with Gasteiger partial charge in [-0.25, -0.2) is 0 Å². The van der Waals surface area contributed by atoms with E-state index in [1.807, 2.05) is 0 Å². The van der Waals surface area contributed by atoms with Crippen LogP contribution in [0.4, 0.5) is 0 Å². The van der Waals surface area contributed by atoms with Crippen molar-refractivity contribution in [1.82, 2.24) is 0 Å². The van der Waals surface area contributed by atoms with Crippen molar-refractivity contribution >= 4 is 11.9 Å². The first-order valence-electron chi connectivity index (χ1n) is 31.5. The van der Waals surface area contributed by atoms with Gasteiger partial charge in [-0.1, -0.05) is 292 Å². The Kier molecular flexibility index (Phi) is 60.3. The zero-order valence-electron chi connectivity index (χ0n) is 47.9. The molecule has 0 aromatic heterocycles. The van der Waals surface area contributed by atoms with Gasteiger partial charge in [-0.05, 0) is 89.9 Å². The first kappa shape index (κ1) is 69.3. The summed E-state index contributed by atoms with van der Waals surface area (Å²) < 4.78 is 10.7. The van der Waals surface area contributed by atoms with Crippen molar-refractivity contribution in [1.29, 1.82) is 0 Å². The van der Waals surface area contributed by atoms with Crippen molar-refractivity contribution in [2.24, 2.45) is 0 Å². The van der Waals surface area contributed by atoms with E-state index in [1.54, 1.807) is 0 Å². The second-order valence-electron chi connectivity index (χ2n) is 21.1. The van der Waals surface area contributed by atoms with E-state index >= 15 is 0 Å². The number of hydrogen-bond donors (Lipinski definition) is 1. The maximum absolute atomic E-state index is 12.3. The van der Waals surface area contributed by atoms with Gasteiger partial charge in [0.25, 0.3) is 0 Å². The van der Waals surface area contributed by atoms with Crippen LogP contribution in [-0.2, 0) is 19.1 Å². The number of rotatable bonds is 58. The van der Waals surface area contributed by atoms with Crippen LogP contribution in [0.3, 0.4) is 0 Å². The third kappa shape index (κ3) is 59.9. The number of allylic oxidation sites excluding steroid dienone is 12. The Hall–Kier alpha value is -2.66. The number of aliphatic hydroxyl groups excluding tert-OH is 1. The first-order chi connectivity index (χ1) is 35.6. The number of hydrogen-bond acceptors (Lipinski definition) is 5. The van der Waals surface area contributed by atoms with Crippen molar-refractivity contribution in [3.8, 4) is 0 Å². The Morgan fingerprint density at radius 3 is 0.833 bits per heavy atom. The molecule has 1 unspecified atom stereocenters. The van der Waals surface area contributed by atoms with Gasteiger partial charge >= 0.3 is 11.9 Å². The molecule has 0 saturated heterocycles. The van der Waals surface area contributed by atoms with E-state index in [-0.39, 0.29) is 25.2 Å². The average molecular weight is 1010 g/mol. The molecule has 0 aliphatic heterocycles. The van der Waals surface area contributed by atoms with Gasteiger partial charge in [-0.2, -0.15) is 0 Å². The predicted octanol–water partition coefficient (Wildman–Crippen LogP) is 21.5. The molecule has 72 heavy (non-hydrogen) atoms. The van der Waals surface area contributed by atoms with Gasteiger partial charge in [-0.15, -0.1) is 0 Å². The Morgan fingerprint density at radius 2 is 0.556 bits per heavy atom. The highest BCUT2D eigenvalue weighted by atomic mass is 16.6. The predicted molar refractivity (Wildman–Crippen MR) is 316 cm³/mol. The lowest BCUT2D eigenvalue weighted by atomic mass is 10.0. The van der Waals surface area contributed by atoms with E-state index in [0.717, 1.165) is 64.2 Å². The van der Waals surface area contributed by atoms with Crippen LogP contribution < -0.4 is 0 Å². The van der Waals surface area contributed by atoms with E-state index in [2.05, 4.69) is 86.8 Å². The van der Waals surface area contributed by atoms with Crippen molar-refractivity contribution in [2.75, 3.05) is 13.2 Å². The van der Waals surface area contributed by atoms with E-state index in [4.69, 9.17) is 9.47 Å². The molecular formula is C67H120O5. The van der Waals surface area contributed by atoms with Crippen molar-refractivity contribution in [3.05, 3.63) is 72.9 Å². The van der Waals surface area contributed by atoms with Gasteiger partial charge in [0.2, 0.25) is 0 Å². The van der Waals surface area contributed by atoms with E-state index < -0.39 is 6.10 Å². The molecule has 5 heteroatoms. The maximum Gasteiger partial charge on any atom is 0.306 e. The second kappa shape index (κ2) is 62.6. The second-order valence-corrected chi connectivity index (χ2v) is 21.1. The molecule has 0 aromatic rings. The van der Waals surface area contributed by atoms with E-state index in [1.165, 1.54) is 231 Å². The number of ether oxygens (including phenoxy) is 2. The molecule has 0 bridgehead atoms. The van der Waals surface area contributed by atoms with Crippen LogP contribution in [0.5, 0.6) is 0 Å². The maximum atomic E-state index is 12.3. The molecule has 0 aliphatic carbocycles. The molecule has 0 aliphatic rings. The zero-order valence-corrected chi connectivity index (χ0v) is 47.9. The smallest absolute Gasteiger partial charge is 0.306 e. The fourth-order valence-electron chi connectivity index (χ4n) is 9.22. The third-order valence-corrected chi connectivity index (χ3v) is 14.0. The van der Waals surface area contributed by atoms with Gasteiger partial charge in [0.15, 0.2) is 6.10 Å². The Morgan fingerprint density at radius 1 is 0.319 bits per heavy atom. The van der Waals surface area contributed by atoms with E-state index in [0.29, 0.717) is 12.8 Å². The Bertz CT molecular complexity index is 1270. The van der Waals surface area contributed by atoms with Crippen LogP contribution >= 0.6 is 0 Å². The normalized spacial score (nSPS) is 12.7. The number of carbonyl (C=O) groups is 2. The Labute approximate surface area is 448 Å². The van der Waals surface area contributed by atoms with E-state index in [9.17, 15) is 14.7 Å². The molecule has 0 spiro atoms. The average Bonchev–Trinajstić information content (AvgIpc) is 3.38. The fourth-order valence-corrected chi connectivity index (χ4v) is 9.22. The lowest BCUT2D eigenvalue weighted by molar-refractivity contribution is -0.161. The van der Waals surface area contributed by atoms with Gasteiger partial charge in [-0.3, -0.25) is 9.59 Å². The topological polar surface area (TPSA) is 72.8 Å². The molecule has 5 nitrogen and oxygen atoms in total. The highest BCUT2D eigenvalue weighted by Crippen LogP contribution is 2.17. The van der Waals surface area contributed by atoms with Crippen LogP contribution in [0, 0.1) is 0 Å². The quantitative estimate of drug-likeness (QED) is 0.0373. The third-order valence-electron chi connectivity index (χ3n) is 14.0. The van der Waals surface area contributed by atoms with Gasteiger partial charge < -0.3 is 14.6 Å². The monoisotopic (exact) mass is 1000 g/mol. The summed E-state index contributed by atoms with van der Waals surface area (Å²) in [6.07, 6.45) is 86.1. The number of unbranched alkanes of at least 4 members (excludes halogenated alkanes) is 38. The highest BCUT2D eigenvalue weighted by molar-refractivity contribution is 5.70. The number of esters is 2. The lowest BCUT2D eigenvalue weighted by Crippen LogP contribution is -2.28. The summed E-state index contributed by atoms with van der Waals surface area (Å²) in [4.78, 5) is 24.6. The molecular weight excluding hydrogens is 885 g/mol. The van der Waals surface area contributed by atoms with Crippen LogP contribution in [-0.4, -0.2) is 36.4 Å². The summed E-state index contributed by atoms with van der Waals surface area (Å²) in [5.74, 6) is -0.584. The van der Waals surface area contributed by atoms with Gasteiger partial charge in [0.1, 0.15) is 6.61 Å². The SMILES string of the molecule is CCCCCCC/C=C\C/C=C\C/C=C\CCCCCCCCCCCCCCCCCCCCC(=O)OC(CO)COC(=O)CCCCCCCCCCCC/C=C\C/C=C\C/C=C\CCCCCCC. The summed E-state index contributed by atoms with van der Waals surface area (Å²) in [5.41, 5.74) is 0. The minimum Gasteiger partial charge on any atom is -0.462 e. The molecule has 0 heterocycles. The molecule has 1 N–H and O–H groups in total. The summed E-state index contributed by atoms with van der Waals surface area (Å²) >= 11 is 0. The molecule has 418 valence electrons. The van der Waals surface area contributed by atoms with Crippen LogP contribution in [0.15, 0.2) is 72.9 Å². The van der Waals surface area contributed by atoms with Crippen LogP contribution in [0.1, 0.15) is 322 Å². The van der Waals surface area contributed by atoms with Gasteiger partial charge in [0, 0.05) is 12.8 Å². The molecule has 0 fully saturated rings. The van der Waals surface area contributed by atoms with Crippen molar-refractivity contribution in [2.45, 2.75) is 328 Å². The largest absolute Gasteiger partial charge is 0.462 e. The minimum atomic E-state index is -0.777. The molecule has 0 aromatic carbocycles. The molecule has 0 amide bonds. The Balaban J connectivity index is 3.46. The minimum absolute atomic E-state index is 0.0675. The molecule has 0 rings (SSSR count). The van der Waals surface area contributed by atoms with Crippen molar-refractivity contribution < 1.29 is 24.2 Å². The van der Waals surface area contributed by atoms with Crippen LogP contribution in [0.2, 0.25) is 0 Å². The first-order valence-corrected chi connectivity index (χ1v) is 31.5. The zero-order chi connectivity index (χ0) is 52.0. The lowest BCUT2D eigenvalue weighted by Gasteiger charge is -2.15. The van der Waals surface area contributed by atoms with Crippen LogP contribution in [0.25, 0.3) is 0 Å². The number of aliphatic hydroxyl groups is 1. The summed E-state index contributed by atoms with van der Waals surface area (Å²) in [6, 6.07) is 0. The summed E-state index contributed by atoms with van der Waals surface area (Å²) in [5, 5.41) is 9.68. The summed E-state index contributed by atoms with van der Waals surface area (Å²) in [6.45, 7) is 4.15. The standard InChI is InChI=1S/C67H120O5/c1-3-5-7-9-11-13-15-17-19-21-23-25-27-29-30-31-32-33-34-35-36-38-40-42-44-46-48-50-52-54-56-58-60-62-67(70)72-65(63-68)64-71-66(69)61-59-57-55-53-51-49-47-45-43-41-39-37-28-26-24-22-20-18-16-14-12-10-8-6-4-2/h15-18,21-24,27-29,37,65,68H,3-14,19-20,25-26,30-36,38-64H2,1-2H3/b17-15-,18-16-,23-21-,24-22-,29-27-,37-28-. The molecule has 0 saturated carbocycles. The van der Waals surface area contributed by atoms with Gasteiger partial charge in [0.05, 0.1) is 6.61 Å².